The van der Waals surface area contributed by atoms with Crippen LogP contribution in [0.3, 0.4) is 0 Å². The number of nitrogens with two attached hydrogens (primary N) is 1. The van der Waals surface area contributed by atoms with E-state index in [1.807, 2.05) is 30.3 Å². The number of nitrogen functional groups attached to an aromatic ring is 1. The van der Waals surface area contributed by atoms with E-state index in [0.717, 1.165) is 21.5 Å². The fourth-order valence-corrected chi connectivity index (χ4v) is 4.05. The third-order valence-electron chi connectivity index (χ3n) is 3.81. The normalized spacial score (nSPS) is 16.4. The monoisotopic (exact) mass is 285 g/mol. The van der Waals surface area contributed by atoms with Crippen molar-refractivity contribution in [2.24, 2.45) is 5.73 Å². The fourth-order valence-electron chi connectivity index (χ4n) is 2.72. The summed E-state index contributed by atoms with van der Waals surface area (Å²) in [6, 6.07) is 10.0. The average molecular weight is 285 g/mol. The molecule has 0 amide bonds. The van der Waals surface area contributed by atoms with Gasteiger partial charge in [-0.15, -0.1) is 11.8 Å². The summed E-state index contributed by atoms with van der Waals surface area (Å²) >= 11 is 1.80. The minimum atomic E-state index is 0.113. The van der Waals surface area contributed by atoms with Crippen molar-refractivity contribution in [2.75, 3.05) is 0 Å². The van der Waals surface area contributed by atoms with Gasteiger partial charge >= 0.3 is 0 Å². The Morgan fingerprint density at radius 1 is 1.20 bits per heavy atom. The maximum Gasteiger partial charge on any atom is 0.125 e. The smallest absolute Gasteiger partial charge is 0.125 e. The van der Waals surface area contributed by atoms with E-state index in [-0.39, 0.29) is 5.84 Å². The number of nitrogens with one attached hydrogen (secondary N) is 1. The molecule has 0 radical (unpaired) electrons. The number of hydrogen-bond acceptors (Lipinski definition) is 3. The van der Waals surface area contributed by atoms with Crippen molar-refractivity contribution in [3.05, 3.63) is 35.9 Å². The van der Waals surface area contributed by atoms with Crippen molar-refractivity contribution in [1.82, 2.24) is 4.98 Å². The van der Waals surface area contributed by atoms with E-state index in [1.165, 1.54) is 32.1 Å². The Balaban J connectivity index is 1.98. The summed E-state index contributed by atoms with van der Waals surface area (Å²) in [5.74, 6) is 0.113. The first-order valence-electron chi connectivity index (χ1n) is 7.15. The van der Waals surface area contributed by atoms with E-state index in [4.69, 9.17) is 16.1 Å². The number of pyridine rings is 1. The van der Waals surface area contributed by atoms with Gasteiger partial charge in [-0.05, 0) is 25.0 Å². The minimum absolute atomic E-state index is 0.113. The highest BCUT2D eigenvalue weighted by Crippen LogP contribution is 2.35. The Kier molecular flexibility index (Phi) is 3.92. The molecule has 20 heavy (non-hydrogen) atoms. The van der Waals surface area contributed by atoms with Gasteiger partial charge < -0.3 is 5.73 Å². The van der Waals surface area contributed by atoms with E-state index in [1.54, 1.807) is 11.8 Å². The number of thioether (sulfide) groups is 1. The van der Waals surface area contributed by atoms with E-state index < -0.39 is 0 Å². The summed E-state index contributed by atoms with van der Waals surface area (Å²) in [6.45, 7) is 0. The quantitative estimate of drug-likeness (QED) is 0.663. The highest BCUT2D eigenvalue weighted by atomic mass is 32.2. The number of benzene rings is 1. The number of hydrogen-bond donors (Lipinski definition) is 2. The molecular weight excluding hydrogens is 266 g/mol. The molecule has 3 nitrogen and oxygen atoms in total. The Morgan fingerprint density at radius 3 is 2.70 bits per heavy atom. The zero-order valence-corrected chi connectivity index (χ0v) is 12.2. The highest BCUT2D eigenvalue weighted by molar-refractivity contribution is 7.99. The van der Waals surface area contributed by atoms with E-state index >= 15 is 0 Å². The molecule has 104 valence electrons. The van der Waals surface area contributed by atoms with Crippen LogP contribution >= 0.6 is 11.8 Å². The molecule has 1 aromatic carbocycles. The van der Waals surface area contributed by atoms with Gasteiger partial charge in [-0.1, -0.05) is 37.5 Å². The van der Waals surface area contributed by atoms with Crippen LogP contribution in [0.2, 0.25) is 0 Å². The van der Waals surface area contributed by atoms with Crippen LogP contribution in [-0.2, 0) is 0 Å². The average Bonchev–Trinajstić information content (AvgIpc) is 2.47. The lowest BCUT2D eigenvalue weighted by molar-refractivity contribution is 0.516. The van der Waals surface area contributed by atoms with Crippen molar-refractivity contribution in [3.63, 3.8) is 0 Å². The summed E-state index contributed by atoms with van der Waals surface area (Å²) in [5, 5.41) is 10.4. The molecule has 3 rings (SSSR count). The van der Waals surface area contributed by atoms with E-state index in [0.29, 0.717) is 5.25 Å². The predicted molar refractivity (Wildman–Crippen MR) is 85.5 cm³/mol. The molecule has 1 aliphatic rings. The molecule has 0 saturated heterocycles. The molecular formula is C16H19N3S. The van der Waals surface area contributed by atoms with Crippen molar-refractivity contribution in [3.8, 4) is 0 Å². The van der Waals surface area contributed by atoms with Crippen LogP contribution in [0.15, 0.2) is 35.4 Å². The fraction of sp³-hybridized carbons (Fsp3) is 0.375. The predicted octanol–water partition coefficient (Wildman–Crippen LogP) is 3.94. The second kappa shape index (κ2) is 5.83. The topological polar surface area (TPSA) is 62.8 Å². The van der Waals surface area contributed by atoms with Crippen LogP contribution < -0.4 is 5.73 Å². The van der Waals surface area contributed by atoms with Crippen LogP contribution in [0.5, 0.6) is 0 Å². The second-order valence-corrected chi connectivity index (χ2v) is 6.61. The summed E-state index contributed by atoms with van der Waals surface area (Å²) in [6.07, 6.45) is 6.45. The zero-order valence-electron chi connectivity index (χ0n) is 11.4. The highest BCUT2D eigenvalue weighted by Gasteiger charge is 2.18. The van der Waals surface area contributed by atoms with Crippen molar-refractivity contribution in [1.29, 1.82) is 5.41 Å². The Labute approximate surface area is 123 Å². The standard InChI is InChI=1S/C16H19N3S/c17-15(18)13-10-11-6-4-5-9-14(11)19-16(13)20-12-7-2-1-3-8-12/h4-6,9-10,12H,1-3,7-8H2,(H3,17,18). The first-order chi connectivity index (χ1) is 9.74. The van der Waals surface area contributed by atoms with Gasteiger partial charge in [0, 0.05) is 16.2 Å². The van der Waals surface area contributed by atoms with Gasteiger partial charge in [-0.25, -0.2) is 4.98 Å². The molecule has 1 fully saturated rings. The molecule has 2 aromatic rings. The number of amidine groups is 1. The summed E-state index contributed by atoms with van der Waals surface area (Å²) < 4.78 is 0. The lowest BCUT2D eigenvalue weighted by atomic mass is 10.0. The molecule has 0 atom stereocenters. The lowest BCUT2D eigenvalue weighted by Gasteiger charge is -2.21. The van der Waals surface area contributed by atoms with Crippen LogP contribution in [0.1, 0.15) is 37.7 Å². The van der Waals surface area contributed by atoms with Gasteiger partial charge in [0.1, 0.15) is 10.9 Å². The first kappa shape index (κ1) is 13.4. The van der Waals surface area contributed by atoms with Gasteiger partial charge in [0.2, 0.25) is 0 Å². The van der Waals surface area contributed by atoms with Crippen LogP contribution in [0, 0.1) is 5.41 Å². The zero-order chi connectivity index (χ0) is 13.9. The third kappa shape index (κ3) is 2.80. The summed E-state index contributed by atoms with van der Waals surface area (Å²) in [7, 11) is 0. The summed E-state index contributed by atoms with van der Waals surface area (Å²) in [4.78, 5) is 4.73. The molecule has 1 heterocycles. The summed E-state index contributed by atoms with van der Waals surface area (Å²) in [5.41, 5.74) is 7.50. The van der Waals surface area contributed by atoms with Crippen LogP contribution in [0.4, 0.5) is 0 Å². The maximum absolute atomic E-state index is 7.79. The van der Waals surface area contributed by atoms with Crippen molar-refractivity contribution < 1.29 is 0 Å². The molecule has 0 spiro atoms. The first-order valence-corrected chi connectivity index (χ1v) is 8.03. The molecule has 0 aliphatic heterocycles. The molecule has 4 heteroatoms. The number of rotatable bonds is 3. The van der Waals surface area contributed by atoms with Gasteiger partial charge in [-0.3, -0.25) is 5.41 Å². The largest absolute Gasteiger partial charge is 0.384 e. The Bertz CT molecular complexity index is 633. The molecule has 0 unspecified atom stereocenters. The van der Waals surface area contributed by atoms with Gasteiger partial charge in [0.05, 0.1) is 5.52 Å². The molecule has 1 aromatic heterocycles. The molecule has 0 bridgehead atoms. The number of fused-ring (bicyclic) bond motifs is 1. The number of aromatic nitrogens is 1. The number of nitrogens with zero attached hydrogens (tertiary/aromatic N) is 1. The van der Waals surface area contributed by atoms with Gasteiger partial charge in [0.25, 0.3) is 0 Å². The second-order valence-electron chi connectivity index (χ2n) is 5.33. The van der Waals surface area contributed by atoms with Crippen LogP contribution in [0.25, 0.3) is 10.9 Å². The van der Waals surface area contributed by atoms with E-state index in [9.17, 15) is 0 Å². The Hall–Kier alpha value is -1.55. The SMILES string of the molecule is N=C(N)c1cc2ccccc2nc1SC1CCCCC1. The van der Waals surface area contributed by atoms with Crippen molar-refractivity contribution in [2.45, 2.75) is 42.4 Å². The van der Waals surface area contributed by atoms with Gasteiger partial charge in [-0.2, -0.15) is 0 Å². The number of para-hydroxylation sites is 1. The maximum atomic E-state index is 7.79. The van der Waals surface area contributed by atoms with Crippen molar-refractivity contribution >= 4 is 28.5 Å². The van der Waals surface area contributed by atoms with E-state index in [2.05, 4.69) is 0 Å². The molecule has 1 aliphatic carbocycles. The minimum Gasteiger partial charge on any atom is -0.384 e. The molecule has 3 N–H and O–H groups in total. The third-order valence-corrected chi connectivity index (χ3v) is 5.15. The molecule has 1 saturated carbocycles. The van der Waals surface area contributed by atoms with Gasteiger partial charge in [0.15, 0.2) is 0 Å². The Morgan fingerprint density at radius 2 is 1.95 bits per heavy atom. The van der Waals surface area contributed by atoms with Crippen LogP contribution in [-0.4, -0.2) is 16.1 Å². The lowest BCUT2D eigenvalue weighted by Crippen LogP contribution is -2.15.